The van der Waals surface area contributed by atoms with Crippen LogP contribution in [0.1, 0.15) is 12.0 Å². The smallest absolute Gasteiger partial charge is 0.133 e. The highest BCUT2D eigenvalue weighted by Gasteiger charge is 2.24. The second-order valence-electron chi connectivity index (χ2n) is 4.33. The number of alkyl halides is 1. The molecule has 2 heterocycles. The predicted molar refractivity (Wildman–Crippen MR) is 73.7 cm³/mol. The number of pyridine rings is 1. The van der Waals surface area contributed by atoms with E-state index in [0.717, 1.165) is 42.0 Å². The highest BCUT2D eigenvalue weighted by atomic mass is 79.9. The molecule has 1 saturated heterocycles. The molecule has 1 atom stereocenters. The molecule has 1 unspecified atom stereocenters. The number of anilines is 1. The molecule has 1 fully saturated rings. The second-order valence-corrected chi connectivity index (χ2v) is 5.51. The highest BCUT2D eigenvalue weighted by molar-refractivity contribution is 9.10. The van der Waals surface area contributed by atoms with Gasteiger partial charge in [0.2, 0.25) is 0 Å². The van der Waals surface area contributed by atoms with E-state index in [9.17, 15) is 0 Å². The molecule has 0 aromatic carbocycles. The molecule has 1 aliphatic heterocycles. The Hall–Kier alpha value is -0.320. The van der Waals surface area contributed by atoms with Crippen LogP contribution in [0, 0.1) is 5.92 Å². The van der Waals surface area contributed by atoms with Gasteiger partial charge in [-0.05, 0) is 28.4 Å². The number of methoxy groups -OCH3 is 1. The van der Waals surface area contributed by atoms with Gasteiger partial charge in [0.05, 0.1) is 12.5 Å². The van der Waals surface area contributed by atoms with Crippen molar-refractivity contribution in [3.05, 3.63) is 22.3 Å². The summed E-state index contributed by atoms with van der Waals surface area (Å²) in [6.45, 7) is 2.86. The fourth-order valence-corrected chi connectivity index (χ4v) is 2.83. The van der Waals surface area contributed by atoms with Gasteiger partial charge in [-0.3, -0.25) is 0 Å². The summed E-state index contributed by atoms with van der Waals surface area (Å²) >= 11 is 9.39. The zero-order chi connectivity index (χ0) is 12.3. The first kappa shape index (κ1) is 13.1. The topological polar surface area (TPSA) is 25.4 Å². The summed E-state index contributed by atoms with van der Waals surface area (Å²) in [4.78, 5) is 6.78. The molecule has 0 N–H and O–H groups in total. The van der Waals surface area contributed by atoms with Crippen molar-refractivity contribution in [2.75, 3.05) is 31.7 Å². The summed E-state index contributed by atoms with van der Waals surface area (Å²) in [5, 5.41) is 0. The maximum atomic E-state index is 5.97. The number of ether oxygens (including phenoxy) is 1. The molecule has 2 rings (SSSR count). The lowest BCUT2D eigenvalue weighted by Crippen LogP contribution is -2.23. The maximum Gasteiger partial charge on any atom is 0.133 e. The van der Waals surface area contributed by atoms with Crippen LogP contribution in [0.5, 0.6) is 0 Å². The lowest BCUT2D eigenvalue weighted by Gasteiger charge is -2.20. The van der Waals surface area contributed by atoms with E-state index in [1.54, 1.807) is 7.11 Å². The minimum atomic E-state index is 0.493. The minimum Gasteiger partial charge on any atom is -0.384 e. The molecule has 3 nitrogen and oxygen atoms in total. The molecule has 0 aliphatic carbocycles. The molecule has 1 aromatic heterocycles. The van der Waals surface area contributed by atoms with E-state index < -0.39 is 0 Å². The van der Waals surface area contributed by atoms with Crippen LogP contribution in [0.25, 0.3) is 0 Å². The molecule has 0 amide bonds. The van der Waals surface area contributed by atoms with Crippen LogP contribution in [0.4, 0.5) is 5.82 Å². The number of hydrogen-bond acceptors (Lipinski definition) is 3. The summed E-state index contributed by atoms with van der Waals surface area (Å²) in [6, 6.07) is 2.04. The van der Waals surface area contributed by atoms with Gasteiger partial charge in [0.25, 0.3) is 0 Å². The highest BCUT2D eigenvalue weighted by Crippen LogP contribution is 2.28. The Morgan fingerprint density at radius 2 is 2.47 bits per heavy atom. The number of aromatic nitrogens is 1. The summed E-state index contributed by atoms with van der Waals surface area (Å²) < 4.78 is 6.18. The third-order valence-electron chi connectivity index (χ3n) is 3.04. The molecule has 94 valence electrons. The van der Waals surface area contributed by atoms with Gasteiger partial charge in [-0.1, -0.05) is 0 Å². The SMILES string of the molecule is COCC1CCN(c2ncc(Br)cc2CCl)C1. The van der Waals surface area contributed by atoms with Crippen molar-refractivity contribution >= 4 is 33.3 Å². The van der Waals surface area contributed by atoms with Crippen molar-refractivity contribution < 1.29 is 4.74 Å². The molecule has 17 heavy (non-hydrogen) atoms. The molecule has 0 radical (unpaired) electrons. The molecule has 1 aliphatic rings. The number of rotatable bonds is 4. The lowest BCUT2D eigenvalue weighted by molar-refractivity contribution is 0.161. The van der Waals surface area contributed by atoms with E-state index >= 15 is 0 Å². The van der Waals surface area contributed by atoms with Crippen molar-refractivity contribution in [2.45, 2.75) is 12.3 Å². The van der Waals surface area contributed by atoms with Crippen molar-refractivity contribution in [3.8, 4) is 0 Å². The molecule has 0 spiro atoms. The van der Waals surface area contributed by atoms with Gasteiger partial charge in [-0.25, -0.2) is 4.98 Å². The minimum absolute atomic E-state index is 0.493. The Balaban J connectivity index is 2.12. The van der Waals surface area contributed by atoms with E-state index in [0.29, 0.717) is 11.8 Å². The fraction of sp³-hybridized carbons (Fsp3) is 0.583. The normalized spacial score (nSPS) is 19.9. The molecule has 0 bridgehead atoms. The van der Waals surface area contributed by atoms with Crippen LogP contribution >= 0.6 is 27.5 Å². The average Bonchev–Trinajstić information content (AvgIpc) is 2.78. The first-order chi connectivity index (χ1) is 8.24. The molecular weight excluding hydrogens is 304 g/mol. The Kier molecular flexibility index (Phi) is 4.65. The monoisotopic (exact) mass is 318 g/mol. The third-order valence-corrected chi connectivity index (χ3v) is 3.76. The van der Waals surface area contributed by atoms with Crippen molar-refractivity contribution in [1.82, 2.24) is 4.98 Å². The van der Waals surface area contributed by atoms with Crippen LogP contribution in [0.2, 0.25) is 0 Å². The first-order valence-corrected chi connectivity index (χ1v) is 7.01. The standard InChI is InChI=1S/C12H16BrClN2O/c1-17-8-9-2-3-16(7-9)12-10(5-14)4-11(13)6-15-12/h4,6,9H,2-3,5,7-8H2,1H3. The molecule has 0 saturated carbocycles. The van der Waals surface area contributed by atoms with E-state index in [-0.39, 0.29) is 0 Å². The van der Waals surface area contributed by atoms with Gasteiger partial charge in [-0.15, -0.1) is 11.6 Å². The Labute approximate surface area is 115 Å². The van der Waals surface area contributed by atoms with E-state index in [4.69, 9.17) is 16.3 Å². The molecule has 1 aromatic rings. The van der Waals surface area contributed by atoms with Gasteiger partial charge in [0.15, 0.2) is 0 Å². The van der Waals surface area contributed by atoms with Crippen molar-refractivity contribution in [2.24, 2.45) is 5.92 Å². The zero-order valence-corrected chi connectivity index (χ0v) is 12.2. The summed E-state index contributed by atoms with van der Waals surface area (Å²) in [7, 11) is 1.75. The lowest BCUT2D eigenvalue weighted by atomic mass is 10.1. The third kappa shape index (κ3) is 3.12. The summed E-state index contributed by atoms with van der Waals surface area (Å²) in [5.74, 6) is 2.11. The Bertz CT molecular complexity index is 389. The second kappa shape index (κ2) is 6.03. The van der Waals surface area contributed by atoms with Gasteiger partial charge in [0.1, 0.15) is 5.82 Å². The van der Waals surface area contributed by atoms with Gasteiger partial charge >= 0.3 is 0 Å². The van der Waals surface area contributed by atoms with E-state index in [1.165, 1.54) is 0 Å². The van der Waals surface area contributed by atoms with Crippen LogP contribution in [-0.2, 0) is 10.6 Å². The zero-order valence-electron chi connectivity index (χ0n) is 9.83. The number of halogens is 2. The van der Waals surface area contributed by atoms with Crippen molar-refractivity contribution in [3.63, 3.8) is 0 Å². The quantitative estimate of drug-likeness (QED) is 0.798. The van der Waals surface area contributed by atoms with Gasteiger partial charge in [-0.2, -0.15) is 0 Å². The predicted octanol–water partition coefficient (Wildman–Crippen LogP) is 3.06. The Morgan fingerprint density at radius 3 is 3.18 bits per heavy atom. The maximum absolute atomic E-state index is 5.97. The summed E-state index contributed by atoms with van der Waals surface area (Å²) in [5.41, 5.74) is 1.08. The van der Waals surface area contributed by atoms with E-state index in [2.05, 4.69) is 25.8 Å². The summed E-state index contributed by atoms with van der Waals surface area (Å²) in [6.07, 6.45) is 2.99. The van der Waals surface area contributed by atoms with Crippen LogP contribution < -0.4 is 4.90 Å². The first-order valence-electron chi connectivity index (χ1n) is 5.69. The van der Waals surface area contributed by atoms with E-state index in [1.807, 2.05) is 12.3 Å². The number of hydrogen-bond donors (Lipinski definition) is 0. The largest absolute Gasteiger partial charge is 0.384 e. The van der Waals surface area contributed by atoms with Crippen LogP contribution in [0.3, 0.4) is 0 Å². The fourth-order valence-electron chi connectivity index (χ4n) is 2.25. The van der Waals surface area contributed by atoms with Crippen LogP contribution in [-0.4, -0.2) is 31.8 Å². The van der Waals surface area contributed by atoms with Gasteiger partial charge < -0.3 is 9.64 Å². The Morgan fingerprint density at radius 1 is 1.65 bits per heavy atom. The number of nitrogens with zero attached hydrogens (tertiary/aromatic N) is 2. The molecule has 5 heteroatoms. The van der Waals surface area contributed by atoms with Crippen LogP contribution in [0.15, 0.2) is 16.7 Å². The van der Waals surface area contributed by atoms with Crippen molar-refractivity contribution in [1.29, 1.82) is 0 Å². The van der Waals surface area contributed by atoms with Gasteiger partial charge in [0, 0.05) is 42.4 Å². The average molecular weight is 320 g/mol. The molecular formula is C12H16BrClN2O.